The first-order valence-corrected chi connectivity index (χ1v) is 7.58. The number of amides is 1. The Labute approximate surface area is 130 Å². The predicted octanol–water partition coefficient (Wildman–Crippen LogP) is 1.02. The molecule has 0 bridgehead atoms. The molecule has 7 heteroatoms. The van der Waals surface area contributed by atoms with Crippen LogP contribution in [0.2, 0.25) is 0 Å². The number of hydrogen-bond acceptors (Lipinski definition) is 5. The van der Waals surface area contributed by atoms with Crippen LogP contribution in [0.1, 0.15) is 23.0 Å². The third-order valence-electron chi connectivity index (χ3n) is 3.67. The van der Waals surface area contributed by atoms with Gasteiger partial charge in [0.15, 0.2) is 0 Å². The van der Waals surface area contributed by atoms with Gasteiger partial charge in [-0.2, -0.15) is 0 Å². The second kappa shape index (κ2) is 7.84. The molecule has 0 saturated carbocycles. The van der Waals surface area contributed by atoms with E-state index in [9.17, 15) is 9.59 Å². The molecule has 1 amide bonds. The van der Waals surface area contributed by atoms with Crippen LogP contribution in [0.25, 0.3) is 0 Å². The van der Waals surface area contributed by atoms with Crippen LogP contribution in [0, 0.1) is 6.92 Å². The molecule has 2 rings (SSSR count). The van der Waals surface area contributed by atoms with Crippen LogP contribution >= 0.6 is 0 Å². The molecule has 2 heterocycles. The number of nitrogens with one attached hydrogen (secondary N) is 1. The lowest BCUT2D eigenvalue weighted by Gasteiger charge is -2.26. The minimum atomic E-state index is -0.323. The van der Waals surface area contributed by atoms with E-state index < -0.39 is 0 Å². The van der Waals surface area contributed by atoms with Crippen LogP contribution in [-0.4, -0.2) is 60.9 Å². The lowest BCUT2D eigenvalue weighted by molar-refractivity contribution is 0.0524. The summed E-state index contributed by atoms with van der Waals surface area (Å²) in [4.78, 5) is 25.3. The van der Waals surface area contributed by atoms with Gasteiger partial charge in [-0.3, -0.25) is 0 Å². The summed E-state index contributed by atoms with van der Waals surface area (Å²) in [7, 11) is 0. The summed E-state index contributed by atoms with van der Waals surface area (Å²) in [5, 5.41) is 3.19. The van der Waals surface area contributed by atoms with E-state index in [1.165, 1.54) is 0 Å². The van der Waals surface area contributed by atoms with Gasteiger partial charge in [0.2, 0.25) is 0 Å². The van der Waals surface area contributed by atoms with Crippen LogP contribution in [0.15, 0.2) is 12.3 Å². The first kappa shape index (κ1) is 16.4. The topological polar surface area (TPSA) is 72.8 Å². The van der Waals surface area contributed by atoms with Crippen molar-refractivity contribution in [2.75, 3.05) is 39.4 Å². The summed E-state index contributed by atoms with van der Waals surface area (Å²) in [5.41, 5.74) is 1.37. The second-order valence-corrected chi connectivity index (χ2v) is 5.08. The molecule has 0 unspecified atom stereocenters. The summed E-state index contributed by atoms with van der Waals surface area (Å²) in [5.74, 6) is -0.323. The molecule has 1 saturated heterocycles. The smallest absolute Gasteiger partial charge is 0.409 e. The Kier molecular flexibility index (Phi) is 5.83. The van der Waals surface area contributed by atoms with Crippen LogP contribution < -0.4 is 5.32 Å². The van der Waals surface area contributed by atoms with Crippen molar-refractivity contribution in [3.63, 3.8) is 0 Å². The lowest BCUT2D eigenvalue weighted by atomic mass is 10.2. The average Bonchev–Trinajstić information content (AvgIpc) is 2.89. The zero-order valence-electron chi connectivity index (χ0n) is 13.1. The van der Waals surface area contributed by atoms with Gasteiger partial charge in [-0.25, -0.2) is 9.59 Å². The Bertz CT molecular complexity index is 521. The van der Waals surface area contributed by atoms with Crippen molar-refractivity contribution in [1.29, 1.82) is 0 Å². The summed E-state index contributed by atoms with van der Waals surface area (Å²) >= 11 is 0. The number of esters is 1. The van der Waals surface area contributed by atoms with Gasteiger partial charge in [-0.05, 0) is 19.9 Å². The van der Waals surface area contributed by atoms with Crippen molar-refractivity contribution in [1.82, 2.24) is 14.8 Å². The highest BCUT2D eigenvalue weighted by atomic mass is 16.6. The molecule has 0 radical (unpaired) electrons. The summed E-state index contributed by atoms with van der Waals surface area (Å²) < 4.78 is 12.2. The number of ether oxygens (including phenoxy) is 2. The van der Waals surface area contributed by atoms with Gasteiger partial charge in [0, 0.05) is 38.1 Å². The molecule has 0 atom stereocenters. The summed E-state index contributed by atoms with van der Waals surface area (Å²) in [6.07, 6.45) is 1.53. The number of piperazine rings is 1. The number of carbonyl (C=O) groups excluding carboxylic acids is 2. The molecular weight excluding hydrogens is 286 g/mol. The van der Waals surface area contributed by atoms with E-state index in [0.717, 1.165) is 18.8 Å². The molecule has 7 nitrogen and oxygen atoms in total. The number of carbonyl (C=O) groups is 2. The molecule has 22 heavy (non-hydrogen) atoms. The minimum absolute atomic E-state index is 0.278. The third-order valence-corrected chi connectivity index (χ3v) is 3.67. The Balaban J connectivity index is 1.81. The van der Waals surface area contributed by atoms with Gasteiger partial charge < -0.3 is 24.3 Å². The summed E-state index contributed by atoms with van der Waals surface area (Å²) in [6, 6.07) is 1.73. The van der Waals surface area contributed by atoms with Crippen molar-refractivity contribution in [2.24, 2.45) is 0 Å². The highest BCUT2D eigenvalue weighted by Crippen LogP contribution is 2.11. The van der Waals surface area contributed by atoms with Crippen molar-refractivity contribution in [2.45, 2.75) is 20.4 Å². The molecule has 1 fully saturated rings. The van der Waals surface area contributed by atoms with E-state index in [4.69, 9.17) is 9.47 Å². The first-order valence-electron chi connectivity index (χ1n) is 7.58. The Morgan fingerprint density at radius 3 is 2.68 bits per heavy atom. The predicted molar refractivity (Wildman–Crippen MR) is 80.9 cm³/mol. The summed E-state index contributed by atoms with van der Waals surface area (Å²) in [6.45, 7) is 7.73. The lowest BCUT2D eigenvalue weighted by Crippen LogP contribution is -2.46. The van der Waals surface area contributed by atoms with Gasteiger partial charge in [0.05, 0.1) is 18.7 Å². The van der Waals surface area contributed by atoms with E-state index in [1.54, 1.807) is 24.1 Å². The quantitative estimate of drug-likeness (QED) is 0.822. The Hall–Kier alpha value is -2.02. The van der Waals surface area contributed by atoms with Crippen LogP contribution in [0.5, 0.6) is 0 Å². The van der Waals surface area contributed by atoms with Crippen LogP contribution in [-0.2, 0) is 16.0 Å². The molecule has 1 N–H and O–H groups in total. The maximum absolute atomic E-state index is 11.9. The molecule has 1 aliphatic heterocycles. The van der Waals surface area contributed by atoms with Gasteiger partial charge in [0.1, 0.15) is 6.61 Å². The van der Waals surface area contributed by atoms with Crippen molar-refractivity contribution in [3.05, 3.63) is 23.5 Å². The zero-order chi connectivity index (χ0) is 15.9. The zero-order valence-corrected chi connectivity index (χ0v) is 13.1. The highest BCUT2D eigenvalue weighted by molar-refractivity contribution is 5.90. The van der Waals surface area contributed by atoms with E-state index in [-0.39, 0.29) is 18.7 Å². The SMILES string of the molecule is CCOC(=O)c1ccn(CCOC(=O)N2CCNCC2)c1C. The Morgan fingerprint density at radius 1 is 1.27 bits per heavy atom. The molecule has 1 aromatic rings. The van der Waals surface area contributed by atoms with Crippen LogP contribution in [0.3, 0.4) is 0 Å². The van der Waals surface area contributed by atoms with Crippen molar-refractivity contribution >= 4 is 12.1 Å². The normalized spacial score (nSPS) is 14.7. The molecule has 122 valence electrons. The third kappa shape index (κ3) is 4.00. The fourth-order valence-electron chi connectivity index (χ4n) is 2.39. The fourth-order valence-corrected chi connectivity index (χ4v) is 2.39. The fraction of sp³-hybridized carbons (Fsp3) is 0.600. The van der Waals surface area contributed by atoms with Crippen molar-refractivity contribution < 1.29 is 19.1 Å². The number of aromatic nitrogens is 1. The molecule has 0 spiro atoms. The van der Waals surface area contributed by atoms with E-state index in [1.807, 2.05) is 11.5 Å². The van der Waals surface area contributed by atoms with E-state index >= 15 is 0 Å². The molecule has 0 aliphatic carbocycles. The van der Waals surface area contributed by atoms with Gasteiger partial charge in [-0.15, -0.1) is 0 Å². The largest absolute Gasteiger partial charge is 0.462 e. The maximum Gasteiger partial charge on any atom is 0.409 e. The Morgan fingerprint density at radius 2 is 2.00 bits per heavy atom. The maximum atomic E-state index is 11.9. The molecular formula is C15H23N3O4. The van der Waals surface area contributed by atoms with Gasteiger partial charge in [-0.1, -0.05) is 0 Å². The van der Waals surface area contributed by atoms with Crippen LogP contribution in [0.4, 0.5) is 4.79 Å². The number of nitrogens with zero attached hydrogens (tertiary/aromatic N) is 2. The standard InChI is InChI=1S/C15H23N3O4/c1-3-21-14(19)13-4-7-17(12(13)2)10-11-22-15(20)18-8-5-16-6-9-18/h4,7,16H,3,5-6,8-11H2,1-2H3. The monoisotopic (exact) mass is 309 g/mol. The molecule has 1 aliphatic rings. The first-order chi connectivity index (χ1) is 10.6. The van der Waals surface area contributed by atoms with Gasteiger partial charge >= 0.3 is 12.1 Å². The number of rotatable bonds is 5. The van der Waals surface area contributed by atoms with E-state index in [0.29, 0.717) is 31.8 Å². The minimum Gasteiger partial charge on any atom is -0.462 e. The number of hydrogen-bond donors (Lipinski definition) is 1. The van der Waals surface area contributed by atoms with E-state index in [2.05, 4.69) is 5.32 Å². The van der Waals surface area contributed by atoms with Crippen molar-refractivity contribution in [3.8, 4) is 0 Å². The highest BCUT2D eigenvalue weighted by Gasteiger charge is 2.18. The molecule has 0 aromatic carbocycles. The second-order valence-electron chi connectivity index (χ2n) is 5.08. The van der Waals surface area contributed by atoms with Gasteiger partial charge in [0.25, 0.3) is 0 Å². The average molecular weight is 309 g/mol. The molecule has 1 aromatic heterocycles.